The van der Waals surface area contributed by atoms with Crippen LogP contribution in [0.4, 0.5) is 0 Å². The van der Waals surface area contributed by atoms with Crippen molar-refractivity contribution in [3.05, 3.63) is 0 Å². The summed E-state index contributed by atoms with van der Waals surface area (Å²) in [5.74, 6) is 0.00463. The van der Waals surface area contributed by atoms with Crippen molar-refractivity contribution in [2.45, 2.75) is 21.8 Å². The summed E-state index contributed by atoms with van der Waals surface area (Å²) in [5, 5.41) is 2.39. The monoisotopic (exact) mass is 199 g/mol. The average molecular weight is 199 g/mol. The van der Waals surface area contributed by atoms with Crippen molar-refractivity contribution in [1.29, 1.82) is 0 Å². The van der Waals surface area contributed by atoms with Crippen LogP contribution in [0, 0.1) is 0 Å². The minimum atomic E-state index is -2.67. The van der Waals surface area contributed by atoms with Crippen molar-refractivity contribution >= 4 is 15.7 Å². The molecule has 0 aliphatic carbocycles. The van der Waals surface area contributed by atoms with Crippen LogP contribution in [0.2, 0.25) is 0 Å². The molecule has 0 saturated heterocycles. The molecule has 0 aliphatic heterocycles. The zero-order valence-electron chi connectivity index (χ0n) is 6.63. The van der Waals surface area contributed by atoms with Gasteiger partial charge in [-0.25, -0.2) is 8.42 Å². The highest BCUT2D eigenvalue weighted by Gasteiger charge is 1.79. The van der Waals surface area contributed by atoms with E-state index < -0.39 is 9.84 Å². The minimum absolute atomic E-state index is 0. The second-order valence-corrected chi connectivity index (χ2v) is 4.24. The van der Waals surface area contributed by atoms with Gasteiger partial charge in [-0.15, -0.1) is 0 Å². The molecule has 4 nitrogen and oxygen atoms in total. The van der Waals surface area contributed by atoms with Crippen molar-refractivity contribution in [1.82, 2.24) is 5.32 Å². The molecule has 0 unspecified atom stereocenters. The highest BCUT2D eigenvalue weighted by molar-refractivity contribution is 7.89. The molecule has 0 atom stereocenters. The Hall–Kier alpha value is -0.580. The van der Waals surface area contributed by atoms with E-state index in [0.29, 0.717) is 0 Å². The quantitative estimate of drug-likeness (QED) is 0.624. The van der Waals surface area contributed by atoms with Gasteiger partial charge in [0.2, 0.25) is 5.91 Å². The summed E-state index contributed by atoms with van der Waals surface area (Å²) in [6, 6.07) is 0. The summed E-state index contributed by atoms with van der Waals surface area (Å²) in [5.41, 5.74) is 0. The number of rotatable bonds is 0. The summed E-state index contributed by atoms with van der Waals surface area (Å²) in [7, 11) is -1.07. The third kappa shape index (κ3) is 331. The van der Waals surface area contributed by atoms with Crippen LogP contribution in [0.3, 0.4) is 0 Å². The van der Waals surface area contributed by atoms with Crippen LogP contribution in [0.15, 0.2) is 0 Å². The van der Waals surface area contributed by atoms with E-state index in [1.807, 2.05) is 0 Å². The molecule has 1 N–H and O–H groups in total. The van der Waals surface area contributed by atoms with Crippen LogP contribution < -0.4 is 5.32 Å². The van der Waals surface area contributed by atoms with Gasteiger partial charge in [0.15, 0.2) is 0 Å². The Bertz CT molecular complexity index is 177. The molecule has 0 saturated carbocycles. The maximum Gasteiger partial charge on any atom is 0.216 e. The lowest BCUT2D eigenvalue weighted by molar-refractivity contribution is -0.118. The first-order valence-electron chi connectivity index (χ1n) is 2.60. The van der Waals surface area contributed by atoms with Crippen molar-refractivity contribution in [3.8, 4) is 0 Å². The van der Waals surface area contributed by atoms with Crippen LogP contribution in [-0.4, -0.2) is 33.9 Å². The van der Waals surface area contributed by atoms with Crippen molar-refractivity contribution in [2.24, 2.45) is 0 Å². The smallest absolute Gasteiger partial charge is 0.216 e. The first-order chi connectivity index (χ1) is 4.27. The van der Waals surface area contributed by atoms with E-state index >= 15 is 0 Å². The summed E-state index contributed by atoms with van der Waals surface area (Å²) in [6.45, 7) is 1.47. The van der Waals surface area contributed by atoms with E-state index in [1.54, 1.807) is 7.05 Å². The van der Waals surface area contributed by atoms with Crippen LogP contribution in [-0.2, 0) is 14.6 Å². The van der Waals surface area contributed by atoms with Gasteiger partial charge in [0.05, 0.1) is 0 Å². The molecule has 0 radical (unpaired) electrons. The molecule has 1 amide bonds. The van der Waals surface area contributed by atoms with Gasteiger partial charge in [0.1, 0.15) is 9.84 Å². The van der Waals surface area contributed by atoms with Crippen LogP contribution in [0.25, 0.3) is 0 Å². The predicted octanol–water partition coefficient (Wildman–Crippen LogP) is 0.685. The van der Waals surface area contributed by atoms with E-state index in [0.717, 1.165) is 12.5 Å². The Morgan fingerprint density at radius 2 is 1.25 bits per heavy atom. The summed E-state index contributed by atoms with van der Waals surface area (Å²) in [4.78, 5) is 9.70. The van der Waals surface area contributed by atoms with Gasteiger partial charge in [-0.3, -0.25) is 4.79 Å². The molecule has 0 rings (SSSR count). The fraction of sp³-hybridized carbons (Fsp3) is 0.857. The zero-order chi connectivity index (χ0) is 8.78. The van der Waals surface area contributed by atoms with Gasteiger partial charge >= 0.3 is 0 Å². The molecule has 0 aliphatic rings. The Kier molecular flexibility index (Phi) is 19.6. The molecule has 0 aromatic carbocycles. The molecular formula is C7H21NO3S. The van der Waals surface area contributed by atoms with E-state index in [-0.39, 0.29) is 20.8 Å². The van der Waals surface area contributed by atoms with Crippen LogP contribution in [0.1, 0.15) is 21.8 Å². The van der Waals surface area contributed by atoms with Gasteiger partial charge in [0, 0.05) is 26.5 Å². The largest absolute Gasteiger partial charge is 0.359 e. The topological polar surface area (TPSA) is 63.2 Å². The number of carbonyl (C=O) groups is 1. The maximum absolute atomic E-state index is 9.70. The summed E-state index contributed by atoms with van der Waals surface area (Å²) < 4.78 is 19.3. The summed E-state index contributed by atoms with van der Waals surface area (Å²) in [6.07, 6.45) is 2.32. The highest BCUT2D eigenvalue weighted by Crippen LogP contribution is 1.61. The Balaban J connectivity index is -0.0000000457. The van der Waals surface area contributed by atoms with E-state index in [2.05, 4.69) is 5.32 Å². The van der Waals surface area contributed by atoms with Gasteiger partial charge < -0.3 is 5.32 Å². The van der Waals surface area contributed by atoms with Crippen molar-refractivity contribution < 1.29 is 13.2 Å². The normalized spacial score (nSPS) is 7.67. The van der Waals surface area contributed by atoms with Gasteiger partial charge in [0.25, 0.3) is 0 Å². The van der Waals surface area contributed by atoms with Gasteiger partial charge in [-0.05, 0) is 0 Å². The van der Waals surface area contributed by atoms with Gasteiger partial charge in [-0.2, -0.15) is 0 Å². The number of hydrogen-bond acceptors (Lipinski definition) is 3. The molecule has 0 fully saturated rings. The third-order valence-corrected chi connectivity index (χ3v) is 0.352. The lowest BCUT2D eigenvalue weighted by Gasteiger charge is -1.80. The average Bonchev–Trinajstić information content (AvgIpc) is 1.61. The van der Waals surface area contributed by atoms with Gasteiger partial charge in [-0.1, -0.05) is 14.9 Å². The molecule has 0 bridgehead atoms. The number of hydrogen-bond donors (Lipinski definition) is 1. The van der Waals surface area contributed by atoms with Crippen molar-refractivity contribution in [3.63, 3.8) is 0 Å². The number of carbonyl (C=O) groups excluding carboxylic acids is 1. The standard InChI is InChI=1S/C3H7NO.C2H6O2S.2CH4/c1-3(5)4-2;1-5(2,3)4;;/h1-2H3,(H,4,5);1-2H3;2*1H4. The first kappa shape index (κ1) is 22.5. The predicted molar refractivity (Wildman–Crippen MR) is 54.0 cm³/mol. The number of amides is 1. The van der Waals surface area contributed by atoms with Crippen LogP contribution >= 0.6 is 0 Å². The zero-order valence-corrected chi connectivity index (χ0v) is 7.45. The number of nitrogens with one attached hydrogen (secondary N) is 1. The Morgan fingerprint density at radius 1 is 1.17 bits per heavy atom. The SMILES string of the molecule is C.C.CNC(C)=O.CS(C)(=O)=O. The third-order valence-electron chi connectivity index (χ3n) is 0.352. The lowest BCUT2D eigenvalue weighted by atomic mass is 10.7. The first-order valence-corrected chi connectivity index (χ1v) is 4.90. The molecular weight excluding hydrogens is 178 g/mol. The second kappa shape index (κ2) is 10.4. The van der Waals surface area contributed by atoms with E-state index in [9.17, 15) is 13.2 Å². The van der Waals surface area contributed by atoms with E-state index in [4.69, 9.17) is 0 Å². The van der Waals surface area contributed by atoms with E-state index in [1.165, 1.54) is 6.92 Å². The number of sulfone groups is 1. The molecule has 12 heavy (non-hydrogen) atoms. The molecule has 0 aromatic heterocycles. The molecule has 5 heteroatoms. The molecule has 0 aromatic rings. The molecule has 0 heterocycles. The lowest BCUT2D eigenvalue weighted by Crippen LogP contribution is -2.11. The summed E-state index contributed by atoms with van der Waals surface area (Å²) >= 11 is 0. The maximum atomic E-state index is 9.70. The van der Waals surface area contributed by atoms with Crippen LogP contribution in [0.5, 0.6) is 0 Å². The highest BCUT2D eigenvalue weighted by atomic mass is 32.2. The fourth-order valence-corrected chi connectivity index (χ4v) is 0. The Morgan fingerprint density at radius 3 is 1.25 bits per heavy atom. The molecule has 78 valence electrons. The Labute approximate surface area is 76.3 Å². The van der Waals surface area contributed by atoms with Crippen molar-refractivity contribution in [2.75, 3.05) is 19.6 Å². The molecule has 0 spiro atoms. The second-order valence-electron chi connectivity index (χ2n) is 1.95. The fourth-order valence-electron chi connectivity index (χ4n) is 0. The minimum Gasteiger partial charge on any atom is -0.359 e.